The number of nitrogens with one attached hydrogen (secondary N) is 1. The molecule has 0 aliphatic carbocycles. The van der Waals surface area contributed by atoms with E-state index in [-0.39, 0.29) is 18.4 Å². The molecular formula is C19H20F3NO2. The van der Waals surface area contributed by atoms with Crippen molar-refractivity contribution < 1.29 is 22.7 Å². The number of carbonyl (C=O) groups excluding carboxylic acids is 1. The van der Waals surface area contributed by atoms with Crippen molar-refractivity contribution in [3.8, 4) is 5.75 Å². The highest BCUT2D eigenvalue weighted by Gasteiger charge is 2.30. The first kappa shape index (κ1) is 18.8. The molecule has 0 saturated heterocycles. The Balaban J connectivity index is 1.94. The van der Waals surface area contributed by atoms with Crippen molar-refractivity contribution in [2.24, 2.45) is 0 Å². The zero-order valence-corrected chi connectivity index (χ0v) is 14.3. The quantitative estimate of drug-likeness (QED) is 0.856. The summed E-state index contributed by atoms with van der Waals surface area (Å²) in [5, 5.41) is 2.79. The molecule has 1 N–H and O–H groups in total. The molecule has 0 radical (unpaired) electrons. The van der Waals surface area contributed by atoms with Crippen LogP contribution in [0, 0.1) is 13.8 Å². The second kappa shape index (κ2) is 7.59. The van der Waals surface area contributed by atoms with Gasteiger partial charge in [0.05, 0.1) is 11.6 Å². The Morgan fingerprint density at radius 2 is 1.88 bits per heavy atom. The number of hydrogen-bond donors (Lipinski definition) is 1. The van der Waals surface area contributed by atoms with E-state index in [1.54, 1.807) is 0 Å². The highest BCUT2D eigenvalue weighted by Crippen LogP contribution is 2.31. The van der Waals surface area contributed by atoms with Crippen molar-refractivity contribution >= 4 is 5.91 Å². The molecule has 6 heteroatoms. The van der Waals surface area contributed by atoms with Gasteiger partial charge in [0, 0.05) is 0 Å². The van der Waals surface area contributed by atoms with E-state index in [0.29, 0.717) is 0 Å². The number of amides is 1. The minimum absolute atomic E-state index is 0.00384. The summed E-state index contributed by atoms with van der Waals surface area (Å²) < 4.78 is 43.2. The van der Waals surface area contributed by atoms with Gasteiger partial charge in [-0.25, -0.2) is 0 Å². The molecule has 0 spiro atoms. The Bertz CT molecular complexity index is 757. The van der Waals surface area contributed by atoms with Gasteiger partial charge in [-0.1, -0.05) is 29.8 Å². The van der Waals surface area contributed by atoms with Gasteiger partial charge in [-0.15, -0.1) is 0 Å². The summed E-state index contributed by atoms with van der Waals surface area (Å²) in [6, 6.07) is 10.2. The minimum Gasteiger partial charge on any atom is -0.484 e. The van der Waals surface area contributed by atoms with Crippen molar-refractivity contribution in [2.45, 2.75) is 33.0 Å². The Labute approximate surface area is 144 Å². The van der Waals surface area contributed by atoms with Gasteiger partial charge in [-0.2, -0.15) is 13.2 Å². The van der Waals surface area contributed by atoms with Crippen LogP contribution in [0.15, 0.2) is 42.5 Å². The van der Waals surface area contributed by atoms with E-state index >= 15 is 0 Å². The summed E-state index contributed by atoms with van der Waals surface area (Å²) >= 11 is 0. The van der Waals surface area contributed by atoms with Crippen LogP contribution in [0.4, 0.5) is 13.2 Å². The Morgan fingerprint density at radius 3 is 2.52 bits per heavy atom. The zero-order valence-electron chi connectivity index (χ0n) is 14.3. The lowest BCUT2D eigenvalue weighted by molar-refractivity contribution is -0.137. The number of carbonyl (C=O) groups is 1. The summed E-state index contributed by atoms with van der Waals surface area (Å²) in [6.45, 7) is 5.45. The topological polar surface area (TPSA) is 38.3 Å². The number of ether oxygens (including phenoxy) is 1. The molecule has 134 valence electrons. The summed E-state index contributed by atoms with van der Waals surface area (Å²) in [5.74, 6) is -0.394. The van der Waals surface area contributed by atoms with E-state index in [1.165, 1.54) is 12.1 Å². The predicted molar refractivity (Wildman–Crippen MR) is 89.4 cm³/mol. The molecule has 0 aromatic heterocycles. The fourth-order valence-corrected chi connectivity index (χ4v) is 2.58. The van der Waals surface area contributed by atoms with E-state index in [2.05, 4.69) is 5.32 Å². The average Bonchev–Trinajstić information content (AvgIpc) is 2.52. The molecular weight excluding hydrogens is 331 g/mol. The second-order valence-electron chi connectivity index (χ2n) is 5.96. The van der Waals surface area contributed by atoms with Crippen LogP contribution >= 0.6 is 0 Å². The van der Waals surface area contributed by atoms with Gasteiger partial charge >= 0.3 is 6.18 Å². The molecule has 25 heavy (non-hydrogen) atoms. The Morgan fingerprint density at radius 1 is 1.16 bits per heavy atom. The average molecular weight is 351 g/mol. The van der Waals surface area contributed by atoms with Gasteiger partial charge < -0.3 is 10.1 Å². The maximum Gasteiger partial charge on any atom is 0.416 e. The number of halogens is 3. The molecule has 0 fully saturated rings. The van der Waals surface area contributed by atoms with E-state index < -0.39 is 17.6 Å². The summed E-state index contributed by atoms with van der Waals surface area (Å²) in [7, 11) is 0. The molecule has 2 aromatic carbocycles. The summed E-state index contributed by atoms with van der Waals surface area (Å²) in [6.07, 6.45) is -4.45. The van der Waals surface area contributed by atoms with Crippen molar-refractivity contribution in [1.29, 1.82) is 0 Å². The number of aryl methyl sites for hydroxylation is 2. The Kier molecular flexibility index (Phi) is 5.72. The fourth-order valence-electron chi connectivity index (χ4n) is 2.58. The van der Waals surface area contributed by atoms with Crippen LogP contribution in [0.2, 0.25) is 0 Å². The highest BCUT2D eigenvalue weighted by atomic mass is 19.4. The van der Waals surface area contributed by atoms with Crippen LogP contribution in [0.3, 0.4) is 0 Å². The first-order valence-corrected chi connectivity index (χ1v) is 7.83. The number of alkyl halides is 3. The van der Waals surface area contributed by atoms with Gasteiger partial charge in [0.2, 0.25) is 0 Å². The first-order chi connectivity index (χ1) is 11.7. The van der Waals surface area contributed by atoms with Crippen molar-refractivity contribution in [3.63, 3.8) is 0 Å². The van der Waals surface area contributed by atoms with E-state index in [4.69, 9.17) is 4.74 Å². The first-order valence-electron chi connectivity index (χ1n) is 7.83. The molecule has 0 unspecified atom stereocenters. The third kappa shape index (κ3) is 5.24. The molecule has 0 bridgehead atoms. The molecule has 0 aliphatic heterocycles. The minimum atomic E-state index is -4.45. The van der Waals surface area contributed by atoms with E-state index in [0.717, 1.165) is 28.8 Å². The molecule has 1 amide bonds. The third-order valence-electron chi connectivity index (χ3n) is 3.80. The molecule has 3 nitrogen and oxygen atoms in total. The van der Waals surface area contributed by atoms with Crippen molar-refractivity contribution in [1.82, 2.24) is 5.32 Å². The largest absolute Gasteiger partial charge is 0.484 e. The van der Waals surface area contributed by atoms with Crippen LogP contribution < -0.4 is 10.1 Å². The molecule has 1 atom stereocenters. The second-order valence-corrected chi connectivity index (χ2v) is 5.96. The smallest absolute Gasteiger partial charge is 0.416 e. The van der Waals surface area contributed by atoms with Gasteiger partial charge in [-0.3, -0.25) is 4.79 Å². The molecule has 0 aliphatic rings. The third-order valence-corrected chi connectivity index (χ3v) is 3.80. The van der Waals surface area contributed by atoms with Gasteiger partial charge in [0.1, 0.15) is 5.75 Å². The molecule has 2 rings (SSSR count). The van der Waals surface area contributed by atoms with Crippen LogP contribution in [0.1, 0.15) is 35.2 Å². The van der Waals surface area contributed by atoms with E-state index in [9.17, 15) is 18.0 Å². The van der Waals surface area contributed by atoms with Crippen LogP contribution in [-0.2, 0) is 11.0 Å². The maximum absolute atomic E-state index is 12.7. The normalized spacial score (nSPS) is 12.6. The summed E-state index contributed by atoms with van der Waals surface area (Å²) in [5.41, 5.74) is 2.37. The lowest BCUT2D eigenvalue weighted by Crippen LogP contribution is -2.31. The number of benzene rings is 2. The lowest BCUT2D eigenvalue weighted by Gasteiger charge is -2.17. The maximum atomic E-state index is 12.7. The van der Waals surface area contributed by atoms with Gasteiger partial charge in [0.15, 0.2) is 6.61 Å². The van der Waals surface area contributed by atoms with Crippen molar-refractivity contribution in [3.05, 3.63) is 64.7 Å². The van der Waals surface area contributed by atoms with Crippen LogP contribution in [-0.4, -0.2) is 12.5 Å². The van der Waals surface area contributed by atoms with Gasteiger partial charge in [0.25, 0.3) is 5.91 Å². The standard InChI is InChI=1S/C19H20F3NO2/c1-12-7-8-17(13(2)9-12)14(3)23-18(24)11-25-16-6-4-5-15(10-16)19(20,21)22/h4-10,14H,11H2,1-3H3,(H,23,24)/t14-/m0/s1. The monoisotopic (exact) mass is 351 g/mol. The number of rotatable bonds is 5. The fraction of sp³-hybridized carbons (Fsp3) is 0.316. The molecule has 0 saturated carbocycles. The van der Waals surface area contributed by atoms with Gasteiger partial charge in [-0.05, 0) is 50.1 Å². The highest BCUT2D eigenvalue weighted by molar-refractivity contribution is 5.78. The SMILES string of the molecule is Cc1ccc([C@H](C)NC(=O)COc2cccc(C(F)(F)F)c2)c(C)c1. The lowest BCUT2D eigenvalue weighted by atomic mass is 10.0. The van der Waals surface area contributed by atoms with Crippen molar-refractivity contribution in [2.75, 3.05) is 6.61 Å². The summed E-state index contributed by atoms with van der Waals surface area (Å²) in [4.78, 5) is 12.0. The van der Waals surface area contributed by atoms with E-state index in [1.807, 2.05) is 39.0 Å². The molecule has 2 aromatic rings. The number of hydrogen-bond acceptors (Lipinski definition) is 2. The van der Waals surface area contributed by atoms with Crippen LogP contribution in [0.5, 0.6) is 5.75 Å². The predicted octanol–water partition coefficient (Wildman–Crippen LogP) is 4.58. The molecule has 0 heterocycles. The zero-order chi connectivity index (χ0) is 18.6. The van der Waals surface area contributed by atoms with Crippen LogP contribution in [0.25, 0.3) is 0 Å². The Hall–Kier alpha value is -2.50.